The number of methoxy groups -OCH3 is 1. The zero-order valence-electron chi connectivity index (χ0n) is 12.0. The highest BCUT2D eigenvalue weighted by Gasteiger charge is 2.18. The number of ether oxygens (including phenoxy) is 1. The quantitative estimate of drug-likeness (QED) is 0.717. The zero-order valence-corrected chi connectivity index (χ0v) is 12.7. The van der Waals surface area contributed by atoms with Crippen LogP contribution in [0.4, 0.5) is 5.69 Å². The van der Waals surface area contributed by atoms with Crippen LogP contribution in [0.25, 0.3) is 0 Å². The maximum absolute atomic E-state index is 12.0. The van der Waals surface area contributed by atoms with E-state index in [1.54, 1.807) is 6.92 Å². The molecule has 0 aliphatic heterocycles. The van der Waals surface area contributed by atoms with Crippen LogP contribution in [0.2, 0.25) is 5.02 Å². The van der Waals surface area contributed by atoms with Gasteiger partial charge in [-0.1, -0.05) is 18.5 Å². The number of carboxylic acid groups (broad SMARTS) is 1. The van der Waals surface area contributed by atoms with Crippen molar-refractivity contribution >= 4 is 29.2 Å². The molecule has 0 radical (unpaired) electrons. The molecule has 6 nitrogen and oxygen atoms in total. The lowest BCUT2D eigenvalue weighted by atomic mass is 10.0. The lowest BCUT2D eigenvalue weighted by Gasteiger charge is -2.14. The van der Waals surface area contributed by atoms with Crippen molar-refractivity contribution in [2.75, 3.05) is 19.0 Å². The highest BCUT2D eigenvalue weighted by molar-refractivity contribution is 6.34. The van der Waals surface area contributed by atoms with Gasteiger partial charge in [0, 0.05) is 12.0 Å². The Kier molecular flexibility index (Phi) is 6.45. The number of nitrogens with one attached hydrogen (secondary N) is 1. The summed E-state index contributed by atoms with van der Waals surface area (Å²) in [4.78, 5) is 23.1. The number of hydrogen-bond acceptors (Lipinski definition) is 4. The molecule has 1 aromatic carbocycles. The topological polar surface area (TPSA) is 102 Å². The summed E-state index contributed by atoms with van der Waals surface area (Å²) in [6.45, 7) is 2.32. The molecule has 1 atom stereocenters. The summed E-state index contributed by atoms with van der Waals surface area (Å²) in [6, 6.07) is 2.65. The predicted molar refractivity (Wildman–Crippen MR) is 81.0 cm³/mol. The molecule has 0 saturated carbocycles. The van der Waals surface area contributed by atoms with Gasteiger partial charge in [0.25, 0.3) is 0 Å². The van der Waals surface area contributed by atoms with Crippen molar-refractivity contribution in [3.63, 3.8) is 0 Å². The Morgan fingerprint density at radius 3 is 2.67 bits per heavy atom. The van der Waals surface area contributed by atoms with Crippen LogP contribution < -0.4 is 15.8 Å². The van der Waals surface area contributed by atoms with Crippen molar-refractivity contribution in [3.8, 4) is 5.75 Å². The lowest BCUT2D eigenvalue weighted by Crippen LogP contribution is -2.21. The Labute approximate surface area is 128 Å². The first kappa shape index (κ1) is 17.3. The van der Waals surface area contributed by atoms with E-state index in [9.17, 15) is 9.59 Å². The van der Waals surface area contributed by atoms with Gasteiger partial charge in [-0.05, 0) is 25.5 Å². The fourth-order valence-corrected chi connectivity index (χ4v) is 2.01. The summed E-state index contributed by atoms with van der Waals surface area (Å²) in [5.41, 5.74) is 5.68. The molecule has 0 aromatic heterocycles. The first-order chi connectivity index (χ1) is 9.90. The summed E-state index contributed by atoms with van der Waals surface area (Å²) in [5, 5.41) is 11.9. The molecule has 1 rings (SSSR count). The number of aromatic carboxylic acids is 1. The van der Waals surface area contributed by atoms with Gasteiger partial charge in [0.15, 0.2) is 0 Å². The van der Waals surface area contributed by atoms with Crippen molar-refractivity contribution in [3.05, 3.63) is 22.7 Å². The van der Waals surface area contributed by atoms with E-state index in [2.05, 4.69) is 5.32 Å². The second-order valence-electron chi connectivity index (χ2n) is 4.66. The van der Waals surface area contributed by atoms with Crippen LogP contribution in [0.15, 0.2) is 12.1 Å². The number of rotatable bonds is 7. The van der Waals surface area contributed by atoms with Crippen LogP contribution in [0.3, 0.4) is 0 Å². The van der Waals surface area contributed by atoms with Gasteiger partial charge in [-0.3, -0.25) is 4.79 Å². The van der Waals surface area contributed by atoms with Gasteiger partial charge in [0.05, 0.1) is 17.8 Å². The number of benzene rings is 1. The van der Waals surface area contributed by atoms with Gasteiger partial charge in [-0.25, -0.2) is 4.79 Å². The number of amides is 1. The van der Waals surface area contributed by atoms with Crippen molar-refractivity contribution in [2.45, 2.75) is 19.8 Å². The molecule has 4 N–H and O–H groups in total. The third-order valence-corrected chi connectivity index (χ3v) is 3.38. The van der Waals surface area contributed by atoms with E-state index in [1.165, 1.54) is 19.2 Å². The number of halogens is 1. The maximum Gasteiger partial charge on any atom is 0.339 e. The van der Waals surface area contributed by atoms with Gasteiger partial charge < -0.3 is 20.9 Å². The molecule has 0 spiro atoms. The largest absolute Gasteiger partial charge is 0.496 e. The number of anilines is 1. The van der Waals surface area contributed by atoms with Crippen LogP contribution in [-0.4, -0.2) is 30.6 Å². The molecular weight excluding hydrogens is 296 g/mol. The molecule has 0 saturated heterocycles. The van der Waals surface area contributed by atoms with Crippen LogP contribution in [-0.2, 0) is 4.79 Å². The van der Waals surface area contributed by atoms with Crippen LogP contribution in [0.1, 0.15) is 30.1 Å². The number of carbonyl (C=O) groups excluding carboxylic acids is 1. The number of nitrogens with two attached hydrogens (primary N) is 1. The zero-order chi connectivity index (χ0) is 16.0. The van der Waals surface area contributed by atoms with Crippen LogP contribution >= 0.6 is 11.6 Å². The molecule has 0 fully saturated rings. The number of carboxylic acids is 1. The molecule has 21 heavy (non-hydrogen) atoms. The molecule has 0 aliphatic carbocycles. The van der Waals surface area contributed by atoms with E-state index in [-0.39, 0.29) is 28.2 Å². The minimum atomic E-state index is -1.15. The average Bonchev–Trinajstić information content (AvgIpc) is 2.45. The molecule has 116 valence electrons. The third-order valence-electron chi connectivity index (χ3n) is 3.07. The monoisotopic (exact) mass is 314 g/mol. The van der Waals surface area contributed by atoms with E-state index in [1.807, 2.05) is 0 Å². The molecule has 0 heterocycles. The summed E-state index contributed by atoms with van der Waals surface area (Å²) in [6.07, 6.45) is 1.42. The van der Waals surface area contributed by atoms with E-state index in [0.717, 1.165) is 6.42 Å². The van der Waals surface area contributed by atoms with E-state index in [4.69, 9.17) is 27.2 Å². The standard InChI is InChI=1S/C14H19ClN2O4/c1-8(4-3-5-16)13(18)17-11-7-12(21-2)9(14(19)20)6-10(11)15/h6-8H,3-5,16H2,1-2H3,(H,17,18)(H,19,20). The molecular formula is C14H19ClN2O4. The highest BCUT2D eigenvalue weighted by Crippen LogP contribution is 2.31. The van der Waals surface area contributed by atoms with Gasteiger partial charge in [-0.15, -0.1) is 0 Å². The number of hydrogen-bond donors (Lipinski definition) is 3. The minimum absolute atomic E-state index is 0.0586. The van der Waals surface area contributed by atoms with Crippen molar-refractivity contribution in [2.24, 2.45) is 11.7 Å². The first-order valence-corrected chi connectivity index (χ1v) is 6.90. The fourth-order valence-electron chi connectivity index (χ4n) is 1.80. The Morgan fingerprint density at radius 1 is 1.48 bits per heavy atom. The summed E-state index contributed by atoms with van der Waals surface area (Å²) < 4.78 is 5.00. The summed E-state index contributed by atoms with van der Waals surface area (Å²) in [7, 11) is 1.35. The second kappa shape index (κ2) is 7.85. The summed E-state index contributed by atoms with van der Waals surface area (Å²) >= 11 is 6.00. The Morgan fingerprint density at radius 2 is 2.14 bits per heavy atom. The Hall–Kier alpha value is -1.79. The second-order valence-corrected chi connectivity index (χ2v) is 5.07. The van der Waals surface area contributed by atoms with Crippen molar-refractivity contribution < 1.29 is 19.4 Å². The molecule has 1 aromatic rings. The van der Waals surface area contributed by atoms with Crippen LogP contribution in [0.5, 0.6) is 5.75 Å². The molecule has 7 heteroatoms. The fraction of sp³-hybridized carbons (Fsp3) is 0.429. The van der Waals surface area contributed by atoms with Gasteiger partial charge in [0.2, 0.25) is 5.91 Å². The number of carbonyl (C=O) groups is 2. The smallest absolute Gasteiger partial charge is 0.339 e. The summed E-state index contributed by atoms with van der Waals surface area (Å²) in [5.74, 6) is -1.43. The highest BCUT2D eigenvalue weighted by atomic mass is 35.5. The molecule has 1 amide bonds. The molecule has 1 unspecified atom stereocenters. The Bertz CT molecular complexity index is 534. The third kappa shape index (κ3) is 4.61. The molecule has 0 bridgehead atoms. The van der Waals surface area contributed by atoms with Crippen LogP contribution in [0, 0.1) is 5.92 Å². The minimum Gasteiger partial charge on any atom is -0.496 e. The first-order valence-electron chi connectivity index (χ1n) is 6.52. The normalized spacial score (nSPS) is 11.8. The Balaban J connectivity index is 2.93. The SMILES string of the molecule is COc1cc(NC(=O)C(C)CCCN)c(Cl)cc1C(=O)O. The van der Waals surface area contributed by atoms with E-state index in [0.29, 0.717) is 18.7 Å². The average molecular weight is 315 g/mol. The van der Waals surface area contributed by atoms with Gasteiger partial charge in [-0.2, -0.15) is 0 Å². The van der Waals surface area contributed by atoms with Crippen molar-refractivity contribution in [1.29, 1.82) is 0 Å². The van der Waals surface area contributed by atoms with Crippen molar-refractivity contribution in [1.82, 2.24) is 0 Å². The maximum atomic E-state index is 12.0. The predicted octanol–water partition coefficient (Wildman–Crippen LogP) is 2.36. The van der Waals surface area contributed by atoms with E-state index >= 15 is 0 Å². The van der Waals surface area contributed by atoms with Gasteiger partial charge >= 0.3 is 5.97 Å². The van der Waals surface area contributed by atoms with E-state index < -0.39 is 5.97 Å². The lowest BCUT2D eigenvalue weighted by molar-refractivity contribution is -0.119. The molecule has 0 aliphatic rings. The van der Waals surface area contributed by atoms with Gasteiger partial charge in [0.1, 0.15) is 11.3 Å².